The van der Waals surface area contributed by atoms with Crippen LogP contribution in [0.1, 0.15) is 21.7 Å². The zero-order chi connectivity index (χ0) is 19.2. The minimum absolute atomic E-state index is 0.190. The minimum atomic E-state index is -3.49. The summed E-state index contributed by atoms with van der Waals surface area (Å²) in [6.07, 6.45) is 3.09. The van der Waals surface area contributed by atoms with Crippen LogP contribution in [0.5, 0.6) is 0 Å². The van der Waals surface area contributed by atoms with Gasteiger partial charge in [-0.1, -0.05) is 0 Å². The Morgan fingerprint density at radius 3 is 2.89 bits per heavy atom. The molecule has 27 heavy (non-hydrogen) atoms. The molecule has 0 unspecified atom stereocenters. The number of benzene rings is 1. The van der Waals surface area contributed by atoms with Crippen LogP contribution in [0.3, 0.4) is 0 Å². The molecule has 1 aliphatic carbocycles. The number of nitrogens with one attached hydrogen (secondary N) is 1. The van der Waals surface area contributed by atoms with E-state index in [4.69, 9.17) is 0 Å². The van der Waals surface area contributed by atoms with Crippen LogP contribution in [0, 0.1) is 11.3 Å². The van der Waals surface area contributed by atoms with Crippen molar-refractivity contribution >= 4 is 32.4 Å². The summed E-state index contributed by atoms with van der Waals surface area (Å²) in [4.78, 5) is 5.29. The highest BCUT2D eigenvalue weighted by Crippen LogP contribution is 2.35. The van der Waals surface area contributed by atoms with E-state index in [1.54, 1.807) is 11.3 Å². The summed E-state index contributed by atoms with van der Waals surface area (Å²) >= 11 is 1.60. The predicted octanol–water partition coefficient (Wildman–Crippen LogP) is 1.88. The van der Waals surface area contributed by atoms with Crippen molar-refractivity contribution in [1.82, 2.24) is 18.6 Å². The molecule has 0 radical (unpaired) electrons. The Morgan fingerprint density at radius 2 is 2.22 bits per heavy atom. The lowest BCUT2D eigenvalue weighted by molar-refractivity contribution is 0.487. The Bertz CT molecular complexity index is 1140. The van der Waals surface area contributed by atoms with Crippen molar-refractivity contribution in [3.63, 3.8) is 0 Å². The number of thiazole rings is 1. The molecule has 0 fully saturated rings. The van der Waals surface area contributed by atoms with Crippen LogP contribution in [-0.2, 0) is 29.6 Å². The molecule has 0 spiro atoms. The van der Waals surface area contributed by atoms with Crippen molar-refractivity contribution in [1.29, 1.82) is 5.26 Å². The van der Waals surface area contributed by atoms with Crippen LogP contribution in [0.4, 0.5) is 0 Å². The molecule has 140 valence electrons. The van der Waals surface area contributed by atoms with E-state index in [2.05, 4.69) is 20.3 Å². The third-order valence-corrected chi connectivity index (χ3v) is 7.26. The second-order valence-electron chi connectivity index (χ2n) is 6.83. The van der Waals surface area contributed by atoms with Gasteiger partial charge >= 0.3 is 0 Å². The molecule has 1 aliphatic rings. The fourth-order valence-electron chi connectivity index (χ4n) is 3.62. The van der Waals surface area contributed by atoms with E-state index >= 15 is 0 Å². The molecule has 2 heterocycles. The minimum Gasteiger partial charge on any atom is -0.339 e. The van der Waals surface area contributed by atoms with Crippen molar-refractivity contribution < 1.29 is 8.42 Å². The molecule has 0 aliphatic heterocycles. The molecular formula is C18H19N5O2S2. The molecular weight excluding hydrogens is 382 g/mol. The first kappa shape index (κ1) is 18.1. The highest BCUT2D eigenvalue weighted by atomic mass is 32.2. The largest absolute Gasteiger partial charge is 0.339 e. The molecule has 7 nitrogen and oxygen atoms in total. The van der Waals surface area contributed by atoms with E-state index in [0.29, 0.717) is 24.9 Å². The van der Waals surface area contributed by atoms with Gasteiger partial charge in [0.25, 0.3) is 10.2 Å². The average Bonchev–Trinajstić information content (AvgIpc) is 3.33. The van der Waals surface area contributed by atoms with Gasteiger partial charge in [-0.15, -0.1) is 11.3 Å². The second-order valence-corrected chi connectivity index (χ2v) is 9.72. The van der Waals surface area contributed by atoms with E-state index in [-0.39, 0.29) is 6.04 Å². The first-order valence-electron chi connectivity index (χ1n) is 8.50. The third-order valence-electron chi connectivity index (χ3n) is 4.90. The number of fused-ring (bicyclic) bond motifs is 3. The van der Waals surface area contributed by atoms with Crippen molar-refractivity contribution in [2.24, 2.45) is 0 Å². The zero-order valence-electron chi connectivity index (χ0n) is 15.0. The molecule has 4 rings (SSSR count). The third kappa shape index (κ3) is 3.26. The van der Waals surface area contributed by atoms with E-state index < -0.39 is 10.2 Å². The van der Waals surface area contributed by atoms with E-state index in [1.165, 1.54) is 18.4 Å². The number of nitriles is 1. The number of hydrogen-bond acceptors (Lipinski definition) is 5. The molecule has 0 saturated carbocycles. The monoisotopic (exact) mass is 401 g/mol. The Morgan fingerprint density at radius 1 is 1.41 bits per heavy atom. The Balaban J connectivity index is 1.76. The fourth-order valence-corrected chi connectivity index (χ4v) is 5.00. The van der Waals surface area contributed by atoms with Gasteiger partial charge in [-0.2, -0.15) is 22.7 Å². The SMILES string of the molecule is CN(C)S(=O)(=O)N[C@@H]1Cc2c(n(Cc3cncs3)c3ccc(C#N)cc23)C1. The Kier molecular flexibility index (Phi) is 4.52. The molecule has 9 heteroatoms. The van der Waals surface area contributed by atoms with E-state index in [1.807, 2.05) is 29.9 Å². The maximum atomic E-state index is 12.2. The summed E-state index contributed by atoms with van der Waals surface area (Å²) in [6, 6.07) is 7.71. The lowest BCUT2D eigenvalue weighted by Crippen LogP contribution is -2.42. The van der Waals surface area contributed by atoms with Gasteiger partial charge < -0.3 is 4.57 Å². The molecule has 2 aromatic heterocycles. The zero-order valence-corrected chi connectivity index (χ0v) is 16.6. The normalized spacial score (nSPS) is 16.7. The Hall–Kier alpha value is -2.25. The first-order chi connectivity index (χ1) is 12.9. The lowest BCUT2D eigenvalue weighted by atomic mass is 10.1. The van der Waals surface area contributed by atoms with Gasteiger partial charge in [-0.3, -0.25) is 4.98 Å². The summed E-state index contributed by atoms with van der Waals surface area (Å²) in [5.41, 5.74) is 5.74. The highest BCUT2D eigenvalue weighted by Gasteiger charge is 2.31. The van der Waals surface area contributed by atoms with E-state index in [0.717, 1.165) is 27.0 Å². The molecule has 3 aromatic rings. The van der Waals surface area contributed by atoms with Crippen LogP contribution < -0.4 is 4.72 Å². The fraction of sp³-hybridized carbons (Fsp3) is 0.333. The molecule has 0 saturated heterocycles. The molecule has 0 bridgehead atoms. The summed E-state index contributed by atoms with van der Waals surface area (Å²) in [6.45, 7) is 0.690. The second kappa shape index (κ2) is 6.73. The maximum Gasteiger partial charge on any atom is 0.279 e. The predicted molar refractivity (Wildman–Crippen MR) is 105 cm³/mol. The van der Waals surface area contributed by atoms with Crippen LogP contribution in [0.15, 0.2) is 29.9 Å². The van der Waals surface area contributed by atoms with Crippen LogP contribution in [-0.4, -0.2) is 42.4 Å². The smallest absolute Gasteiger partial charge is 0.279 e. The number of hydrogen-bond donors (Lipinski definition) is 1. The topological polar surface area (TPSA) is 91.0 Å². The molecule has 1 atom stereocenters. The van der Waals surface area contributed by atoms with Crippen molar-refractivity contribution in [3.05, 3.63) is 51.6 Å². The van der Waals surface area contributed by atoms with Crippen molar-refractivity contribution in [2.45, 2.75) is 25.4 Å². The summed E-state index contributed by atoms with van der Waals surface area (Å²) < 4.78 is 30.6. The summed E-state index contributed by atoms with van der Waals surface area (Å²) in [5.74, 6) is 0. The summed E-state index contributed by atoms with van der Waals surface area (Å²) in [7, 11) is -0.459. The average molecular weight is 402 g/mol. The van der Waals surface area contributed by atoms with Gasteiger partial charge in [0, 0.05) is 54.2 Å². The van der Waals surface area contributed by atoms with Gasteiger partial charge in [0.05, 0.1) is 23.7 Å². The van der Waals surface area contributed by atoms with Gasteiger partial charge in [-0.25, -0.2) is 0 Å². The van der Waals surface area contributed by atoms with Crippen LogP contribution in [0.25, 0.3) is 10.9 Å². The first-order valence-corrected chi connectivity index (χ1v) is 10.8. The number of rotatable bonds is 5. The highest BCUT2D eigenvalue weighted by molar-refractivity contribution is 7.87. The van der Waals surface area contributed by atoms with Crippen molar-refractivity contribution in [2.75, 3.05) is 14.1 Å². The number of aromatic nitrogens is 2. The van der Waals surface area contributed by atoms with Gasteiger partial charge in [0.1, 0.15) is 0 Å². The van der Waals surface area contributed by atoms with Gasteiger partial charge in [-0.05, 0) is 30.2 Å². The molecule has 1 aromatic carbocycles. The van der Waals surface area contributed by atoms with Crippen LogP contribution >= 0.6 is 11.3 Å². The quantitative estimate of drug-likeness (QED) is 0.707. The maximum absolute atomic E-state index is 12.2. The summed E-state index contributed by atoms with van der Waals surface area (Å²) in [5, 5.41) is 10.3. The van der Waals surface area contributed by atoms with Gasteiger partial charge in [0.2, 0.25) is 0 Å². The molecule has 0 amide bonds. The van der Waals surface area contributed by atoms with Crippen LogP contribution in [0.2, 0.25) is 0 Å². The standard InChI is InChI=1S/C18H19N5O2S2/c1-22(2)27(24,25)21-13-6-16-15-5-12(8-19)3-4-17(15)23(18(16)7-13)10-14-9-20-11-26-14/h3-5,9,11,13,21H,6-7,10H2,1-2H3/t13-/m1/s1. The van der Waals surface area contributed by atoms with Crippen molar-refractivity contribution in [3.8, 4) is 6.07 Å². The van der Waals surface area contributed by atoms with Gasteiger partial charge in [0.15, 0.2) is 0 Å². The lowest BCUT2D eigenvalue weighted by Gasteiger charge is -2.18. The van der Waals surface area contributed by atoms with E-state index in [9.17, 15) is 13.7 Å². The molecule has 1 N–H and O–H groups in total. The Labute approximate surface area is 162 Å². The number of nitrogens with zero attached hydrogens (tertiary/aromatic N) is 4.